The summed E-state index contributed by atoms with van der Waals surface area (Å²) < 4.78 is 31.5. The first-order chi connectivity index (χ1) is 16.2. The molecule has 1 aliphatic rings. The van der Waals surface area contributed by atoms with Crippen LogP contribution < -0.4 is 9.47 Å². The average Bonchev–Trinajstić information content (AvgIpc) is 3.48. The fraction of sp³-hybridized carbons (Fsp3) is 0.0370. The van der Waals surface area contributed by atoms with Crippen molar-refractivity contribution in [1.82, 2.24) is 0 Å². The van der Waals surface area contributed by atoms with Crippen molar-refractivity contribution in [3.8, 4) is 22.8 Å². The summed E-state index contributed by atoms with van der Waals surface area (Å²) in [6.07, 6.45) is 0. The molecule has 1 aliphatic heterocycles. The highest BCUT2D eigenvalue weighted by atomic mass is 79.9. The Labute approximate surface area is 202 Å². The van der Waals surface area contributed by atoms with Gasteiger partial charge in [-0.15, -0.1) is 0 Å². The predicted octanol–water partition coefficient (Wildman–Crippen LogP) is 7.44. The van der Waals surface area contributed by atoms with Crippen molar-refractivity contribution in [2.75, 3.05) is 6.79 Å². The van der Waals surface area contributed by atoms with Crippen molar-refractivity contribution in [3.05, 3.63) is 108 Å². The maximum absolute atomic E-state index is 13.5. The predicted molar refractivity (Wildman–Crippen MR) is 133 cm³/mol. The molecule has 0 unspecified atom stereocenters. The topological polar surface area (TPSA) is 48.7 Å². The summed E-state index contributed by atoms with van der Waals surface area (Å²) in [5.41, 5.74) is 1.48. The van der Waals surface area contributed by atoms with Gasteiger partial charge in [-0.05, 0) is 30.3 Å². The molecule has 0 saturated heterocycles. The van der Waals surface area contributed by atoms with Crippen LogP contribution in [0.3, 0.4) is 0 Å². The molecule has 33 heavy (non-hydrogen) atoms. The molecular weight excluding hydrogens is 500 g/mol. The average molecular weight is 519 g/mol. The van der Waals surface area contributed by atoms with Gasteiger partial charge < -0.3 is 13.9 Å². The number of ether oxygens (including phenoxy) is 2. The van der Waals surface area contributed by atoms with E-state index in [4.69, 9.17) is 13.9 Å². The van der Waals surface area contributed by atoms with Gasteiger partial charge in [0.15, 0.2) is 17.3 Å². The summed E-state index contributed by atoms with van der Waals surface area (Å²) in [6, 6.07) is 32.8. The minimum absolute atomic E-state index is 0.179. The van der Waals surface area contributed by atoms with Gasteiger partial charge in [-0.1, -0.05) is 82.7 Å². The van der Waals surface area contributed by atoms with Gasteiger partial charge >= 0.3 is 0 Å². The number of halogens is 1. The smallest absolute Gasteiger partial charge is 0.231 e. The molecule has 6 heteroatoms. The van der Waals surface area contributed by atoms with E-state index in [1.165, 1.54) is 0 Å². The van der Waals surface area contributed by atoms with Crippen LogP contribution in [-0.2, 0) is 10.8 Å². The molecule has 6 rings (SSSR count). The van der Waals surface area contributed by atoms with Gasteiger partial charge in [0, 0.05) is 26.4 Å². The number of hydrogen-bond acceptors (Lipinski definition) is 4. The van der Waals surface area contributed by atoms with Crippen molar-refractivity contribution in [1.29, 1.82) is 0 Å². The summed E-state index contributed by atoms with van der Waals surface area (Å²) >= 11 is 3.45. The third-order valence-electron chi connectivity index (χ3n) is 5.05. The molecule has 0 amide bonds. The molecule has 0 radical (unpaired) electrons. The number of benzene rings is 4. The Morgan fingerprint density at radius 2 is 1.30 bits per heavy atom. The minimum Gasteiger partial charge on any atom is -0.455 e. The molecule has 164 valence electrons. The summed E-state index contributed by atoms with van der Waals surface area (Å²) in [4.78, 5) is 1.35. The van der Waals surface area contributed by atoms with Crippen LogP contribution in [0, 0.1) is 0 Å². The van der Waals surface area contributed by atoms with Gasteiger partial charge in [0.25, 0.3) is 0 Å². The molecule has 5 aromatic rings. The second-order valence-corrected chi connectivity index (χ2v) is 9.54. The molecule has 1 aromatic heterocycles. The fourth-order valence-corrected chi connectivity index (χ4v) is 5.08. The van der Waals surface area contributed by atoms with E-state index in [1.807, 2.05) is 97.1 Å². The molecule has 2 heterocycles. The second-order valence-electron chi connectivity index (χ2n) is 7.21. The molecule has 0 spiro atoms. The number of rotatable bonds is 3. The monoisotopic (exact) mass is 518 g/mol. The van der Waals surface area contributed by atoms with Crippen LogP contribution >= 0.6 is 15.9 Å². The van der Waals surface area contributed by atoms with E-state index < -0.39 is 10.8 Å². The second kappa shape index (κ2) is 9.65. The van der Waals surface area contributed by atoms with Gasteiger partial charge in [-0.25, -0.2) is 4.21 Å². The van der Waals surface area contributed by atoms with Gasteiger partial charge in [0.05, 0.1) is 15.7 Å². The number of furan rings is 1. The van der Waals surface area contributed by atoms with Gasteiger partial charge in [-0.3, -0.25) is 0 Å². The van der Waals surface area contributed by atoms with E-state index >= 15 is 0 Å². The Morgan fingerprint density at radius 3 is 1.94 bits per heavy atom. The lowest BCUT2D eigenvalue weighted by molar-refractivity contribution is 0.174. The normalized spacial score (nSPS) is 12.8. The molecule has 0 bridgehead atoms. The van der Waals surface area contributed by atoms with E-state index in [9.17, 15) is 4.21 Å². The Balaban J connectivity index is 0.000000332. The van der Waals surface area contributed by atoms with Gasteiger partial charge in [0.2, 0.25) is 6.79 Å². The van der Waals surface area contributed by atoms with Crippen LogP contribution in [0.15, 0.2) is 122 Å². The van der Waals surface area contributed by atoms with Crippen molar-refractivity contribution < 1.29 is 18.1 Å². The van der Waals surface area contributed by atoms with Crippen LogP contribution in [0.4, 0.5) is 0 Å². The summed E-state index contributed by atoms with van der Waals surface area (Å²) in [5.74, 6) is 1.86. The zero-order valence-corrected chi connectivity index (χ0v) is 19.8. The van der Waals surface area contributed by atoms with Crippen LogP contribution in [0.1, 0.15) is 0 Å². The Morgan fingerprint density at radius 1 is 0.727 bits per heavy atom. The van der Waals surface area contributed by atoms with Crippen molar-refractivity contribution in [2.24, 2.45) is 0 Å². The van der Waals surface area contributed by atoms with E-state index in [0.29, 0.717) is 27.7 Å². The Kier molecular flexibility index (Phi) is 6.28. The van der Waals surface area contributed by atoms with Crippen LogP contribution in [-0.4, -0.2) is 11.0 Å². The minimum atomic E-state index is -1.41. The summed E-state index contributed by atoms with van der Waals surface area (Å²) in [7, 11) is -1.41. The lowest BCUT2D eigenvalue weighted by Crippen LogP contribution is -1.94. The van der Waals surface area contributed by atoms with E-state index in [0.717, 1.165) is 20.3 Å². The van der Waals surface area contributed by atoms with Crippen molar-refractivity contribution in [2.45, 2.75) is 9.79 Å². The van der Waals surface area contributed by atoms with Crippen LogP contribution in [0.2, 0.25) is 0 Å². The highest BCUT2D eigenvalue weighted by Crippen LogP contribution is 2.44. The quantitative estimate of drug-likeness (QED) is 0.249. The number of hydrogen-bond donors (Lipinski definition) is 0. The zero-order valence-electron chi connectivity index (χ0n) is 17.4. The SMILES string of the molecule is O=[S@](c1ccccc1)c1c(-c2ccc(Br)cc2)oc2cc3c(cc12)OCO3.c1ccccc1. The Hall–Kier alpha value is -3.35. The van der Waals surface area contributed by atoms with Crippen LogP contribution in [0.25, 0.3) is 22.3 Å². The molecule has 1 atom stereocenters. The molecule has 0 saturated carbocycles. The Bertz CT molecular complexity index is 1370. The summed E-state index contributed by atoms with van der Waals surface area (Å²) in [6.45, 7) is 0.179. The highest BCUT2D eigenvalue weighted by molar-refractivity contribution is 9.10. The molecule has 0 fully saturated rings. The third-order valence-corrected chi connectivity index (χ3v) is 7.06. The maximum atomic E-state index is 13.5. The van der Waals surface area contributed by atoms with Crippen molar-refractivity contribution >= 4 is 37.7 Å². The number of fused-ring (bicyclic) bond motifs is 2. The standard InChI is InChI=1S/C21H13BrO4S.C6H6/c22-14-8-6-13(7-9-14)20-21(27(23)15-4-2-1-3-5-15)16-10-18-19(25-12-24-18)11-17(16)26-20;1-2-4-6-5-3-1/h1-11H,12H2;1-6H/t27-;/m1./s1. The third kappa shape index (κ3) is 4.58. The molecule has 4 nitrogen and oxygen atoms in total. The van der Waals surface area contributed by atoms with E-state index in [1.54, 1.807) is 6.07 Å². The largest absolute Gasteiger partial charge is 0.455 e. The first kappa shape index (κ1) is 21.5. The van der Waals surface area contributed by atoms with Gasteiger partial charge in [0.1, 0.15) is 5.58 Å². The molecule has 4 aromatic carbocycles. The zero-order chi connectivity index (χ0) is 22.6. The van der Waals surface area contributed by atoms with E-state index in [-0.39, 0.29) is 6.79 Å². The van der Waals surface area contributed by atoms with Gasteiger partial charge in [-0.2, -0.15) is 0 Å². The molecule has 0 aliphatic carbocycles. The molecule has 0 N–H and O–H groups in total. The maximum Gasteiger partial charge on any atom is 0.231 e. The lowest BCUT2D eigenvalue weighted by Gasteiger charge is -2.05. The first-order valence-corrected chi connectivity index (χ1v) is 12.2. The van der Waals surface area contributed by atoms with Crippen molar-refractivity contribution in [3.63, 3.8) is 0 Å². The highest BCUT2D eigenvalue weighted by Gasteiger charge is 2.25. The summed E-state index contributed by atoms with van der Waals surface area (Å²) in [5, 5.41) is 0.763. The van der Waals surface area contributed by atoms with Crippen LogP contribution in [0.5, 0.6) is 11.5 Å². The first-order valence-electron chi connectivity index (χ1n) is 10.3. The van der Waals surface area contributed by atoms with E-state index in [2.05, 4.69) is 15.9 Å². The lowest BCUT2D eigenvalue weighted by atomic mass is 10.1. The fourth-order valence-electron chi connectivity index (χ4n) is 3.49. The molecular formula is C27H19BrO4S.